The van der Waals surface area contributed by atoms with Crippen LogP contribution in [0.1, 0.15) is 22.8 Å². The maximum Gasteiger partial charge on any atom is 0.290 e. The van der Waals surface area contributed by atoms with Gasteiger partial charge in [-0.2, -0.15) is 4.57 Å². The molecule has 4 nitrogen and oxygen atoms in total. The number of carbonyl (C=O) groups excluding carboxylic acids is 2. The number of halogens is 1. The van der Waals surface area contributed by atoms with Gasteiger partial charge in [-0.15, -0.1) is 0 Å². The third-order valence-corrected chi connectivity index (χ3v) is 3.45. The fraction of sp³-hybridized carbons (Fsp3) is 0.188. The zero-order valence-electron chi connectivity index (χ0n) is 11.9. The van der Waals surface area contributed by atoms with Crippen LogP contribution in [0.15, 0.2) is 42.7 Å². The molecular weight excluding hydrogens is 288 g/mol. The van der Waals surface area contributed by atoms with Crippen LogP contribution in [0.3, 0.4) is 0 Å². The Bertz CT molecular complexity index is 698. The van der Waals surface area contributed by atoms with E-state index in [2.05, 4.69) is 5.32 Å². The quantitative estimate of drug-likeness (QED) is 0.697. The molecule has 2 rings (SSSR count). The summed E-state index contributed by atoms with van der Waals surface area (Å²) in [5.74, 6) is -0.212. The normalized spacial score (nSPS) is 10.2. The van der Waals surface area contributed by atoms with Crippen molar-refractivity contribution in [2.45, 2.75) is 20.4 Å². The zero-order chi connectivity index (χ0) is 15.4. The molecule has 1 aromatic heterocycles. The third kappa shape index (κ3) is 4.13. The van der Waals surface area contributed by atoms with Gasteiger partial charge in [-0.3, -0.25) is 9.59 Å². The van der Waals surface area contributed by atoms with Gasteiger partial charge in [0.1, 0.15) is 0 Å². The number of nitrogens with zero attached hydrogens (tertiary/aromatic N) is 1. The average Bonchev–Trinajstić information content (AvgIpc) is 2.43. The van der Waals surface area contributed by atoms with E-state index in [1.54, 1.807) is 41.2 Å². The first-order valence-corrected chi connectivity index (χ1v) is 6.89. The van der Waals surface area contributed by atoms with Crippen molar-refractivity contribution < 1.29 is 14.2 Å². The van der Waals surface area contributed by atoms with Gasteiger partial charge in [0.2, 0.25) is 6.54 Å². The topological polar surface area (TPSA) is 50.0 Å². The maximum atomic E-state index is 12.0. The predicted molar refractivity (Wildman–Crippen MR) is 81.5 cm³/mol. The minimum Gasteiger partial charge on any atom is -0.321 e. The first-order valence-electron chi connectivity index (χ1n) is 6.52. The molecule has 0 aliphatic rings. The van der Waals surface area contributed by atoms with Crippen molar-refractivity contribution in [2.75, 3.05) is 5.32 Å². The molecule has 0 spiro atoms. The zero-order valence-corrected chi connectivity index (χ0v) is 12.6. The summed E-state index contributed by atoms with van der Waals surface area (Å²) in [6.07, 6.45) is 3.40. The van der Waals surface area contributed by atoms with E-state index in [1.807, 2.05) is 13.0 Å². The maximum absolute atomic E-state index is 12.0. The number of hydrogen-bond acceptors (Lipinski definition) is 2. The highest BCUT2D eigenvalue weighted by atomic mass is 35.5. The van der Waals surface area contributed by atoms with Gasteiger partial charge in [-0.05, 0) is 37.6 Å². The Morgan fingerprint density at radius 2 is 2.05 bits per heavy atom. The lowest BCUT2D eigenvalue weighted by Gasteiger charge is -2.05. The van der Waals surface area contributed by atoms with Crippen molar-refractivity contribution >= 4 is 29.0 Å². The van der Waals surface area contributed by atoms with Gasteiger partial charge in [0, 0.05) is 16.8 Å². The largest absolute Gasteiger partial charge is 0.321 e. The number of ketones is 1. The third-order valence-electron chi connectivity index (χ3n) is 3.05. The molecule has 0 bridgehead atoms. The van der Waals surface area contributed by atoms with Crippen LogP contribution in [0, 0.1) is 6.92 Å². The van der Waals surface area contributed by atoms with Gasteiger partial charge in [0.15, 0.2) is 18.2 Å². The van der Waals surface area contributed by atoms with Crippen LogP contribution >= 0.6 is 11.6 Å². The van der Waals surface area contributed by atoms with Crippen LogP contribution in [0.25, 0.3) is 0 Å². The Balaban J connectivity index is 2.06. The van der Waals surface area contributed by atoms with Crippen LogP contribution in [0.2, 0.25) is 5.02 Å². The summed E-state index contributed by atoms with van der Waals surface area (Å²) in [5.41, 5.74) is 2.18. The SMILES string of the molecule is CC(=O)c1ccc[n+](CC(=O)Nc2ccc(C)c(Cl)c2)c1. The Kier molecular flexibility index (Phi) is 4.70. The monoisotopic (exact) mass is 303 g/mol. The van der Waals surface area contributed by atoms with E-state index in [0.717, 1.165) is 5.56 Å². The first-order chi connectivity index (χ1) is 9.95. The summed E-state index contributed by atoms with van der Waals surface area (Å²) in [6.45, 7) is 3.53. The molecule has 0 unspecified atom stereocenters. The van der Waals surface area contributed by atoms with Gasteiger partial charge in [-0.1, -0.05) is 17.7 Å². The summed E-state index contributed by atoms with van der Waals surface area (Å²) in [7, 11) is 0. The van der Waals surface area contributed by atoms with Crippen molar-refractivity contribution in [2.24, 2.45) is 0 Å². The summed E-state index contributed by atoms with van der Waals surface area (Å²) < 4.78 is 1.67. The van der Waals surface area contributed by atoms with Crippen LogP contribution < -0.4 is 9.88 Å². The van der Waals surface area contributed by atoms with E-state index in [9.17, 15) is 9.59 Å². The van der Waals surface area contributed by atoms with E-state index in [4.69, 9.17) is 11.6 Å². The minimum absolute atomic E-state index is 0.0323. The van der Waals surface area contributed by atoms with E-state index in [-0.39, 0.29) is 18.2 Å². The number of aryl methyl sites for hydroxylation is 1. The Morgan fingerprint density at radius 1 is 1.29 bits per heavy atom. The van der Waals surface area contributed by atoms with Crippen molar-refractivity contribution in [1.82, 2.24) is 0 Å². The highest BCUT2D eigenvalue weighted by Crippen LogP contribution is 2.19. The molecular formula is C16H16ClN2O2+. The summed E-state index contributed by atoms with van der Waals surface area (Å²) in [6, 6.07) is 8.83. The molecule has 0 saturated heterocycles. The molecule has 0 aliphatic heterocycles. The van der Waals surface area contributed by atoms with Crippen LogP contribution in [-0.4, -0.2) is 11.7 Å². The lowest BCUT2D eigenvalue weighted by Crippen LogP contribution is -2.40. The van der Waals surface area contributed by atoms with Gasteiger partial charge in [0.05, 0.1) is 5.56 Å². The van der Waals surface area contributed by atoms with Gasteiger partial charge < -0.3 is 5.32 Å². The number of amides is 1. The van der Waals surface area contributed by atoms with E-state index in [1.165, 1.54) is 6.92 Å². The second kappa shape index (κ2) is 6.50. The predicted octanol–water partition coefficient (Wildman–Crippen LogP) is 2.78. The molecule has 1 aromatic carbocycles. The summed E-state index contributed by atoms with van der Waals surface area (Å²) >= 11 is 6.02. The number of aromatic nitrogens is 1. The molecule has 0 atom stereocenters. The smallest absolute Gasteiger partial charge is 0.290 e. The molecule has 1 heterocycles. The van der Waals surface area contributed by atoms with E-state index in [0.29, 0.717) is 16.3 Å². The molecule has 0 radical (unpaired) electrons. The standard InChI is InChI=1S/C16H15ClN2O2/c1-11-5-6-14(8-15(11)17)18-16(21)10-19-7-3-4-13(9-19)12(2)20/h3-9H,10H2,1-2H3/p+1. The average molecular weight is 304 g/mol. The summed E-state index contributed by atoms with van der Waals surface area (Å²) in [4.78, 5) is 23.3. The van der Waals surface area contributed by atoms with Crippen LogP contribution in [0.4, 0.5) is 5.69 Å². The van der Waals surface area contributed by atoms with E-state index >= 15 is 0 Å². The molecule has 0 fully saturated rings. The number of benzene rings is 1. The molecule has 2 aromatic rings. The van der Waals surface area contributed by atoms with Crippen LogP contribution in [-0.2, 0) is 11.3 Å². The van der Waals surface area contributed by atoms with Crippen molar-refractivity contribution in [3.8, 4) is 0 Å². The molecule has 5 heteroatoms. The fourth-order valence-electron chi connectivity index (χ4n) is 1.87. The van der Waals surface area contributed by atoms with Crippen LogP contribution in [0.5, 0.6) is 0 Å². The summed E-state index contributed by atoms with van der Waals surface area (Å²) in [5, 5.41) is 3.39. The molecule has 1 N–H and O–H groups in total. The first kappa shape index (κ1) is 15.2. The molecule has 21 heavy (non-hydrogen) atoms. The molecule has 0 aliphatic carbocycles. The van der Waals surface area contributed by atoms with Crippen molar-refractivity contribution in [3.05, 3.63) is 58.9 Å². The number of rotatable bonds is 4. The number of nitrogens with one attached hydrogen (secondary N) is 1. The Labute approximate surface area is 128 Å². The number of hydrogen-bond donors (Lipinski definition) is 1. The highest BCUT2D eigenvalue weighted by molar-refractivity contribution is 6.31. The second-order valence-corrected chi connectivity index (χ2v) is 5.24. The van der Waals surface area contributed by atoms with Gasteiger partial charge in [-0.25, -0.2) is 0 Å². The molecule has 0 saturated carbocycles. The van der Waals surface area contributed by atoms with Gasteiger partial charge >= 0.3 is 0 Å². The van der Waals surface area contributed by atoms with Gasteiger partial charge in [0.25, 0.3) is 5.91 Å². The molecule has 1 amide bonds. The second-order valence-electron chi connectivity index (χ2n) is 4.83. The number of Topliss-reactive ketones (excluding diaryl/α,β-unsaturated/α-hetero) is 1. The number of anilines is 1. The Hall–Kier alpha value is -2.20. The minimum atomic E-state index is -0.180. The lowest BCUT2D eigenvalue weighted by atomic mass is 10.2. The van der Waals surface area contributed by atoms with E-state index < -0.39 is 0 Å². The van der Waals surface area contributed by atoms with Crippen molar-refractivity contribution in [3.63, 3.8) is 0 Å². The van der Waals surface area contributed by atoms with Crippen molar-refractivity contribution in [1.29, 1.82) is 0 Å². The lowest BCUT2D eigenvalue weighted by molar-refractivity contribution is -0.684. The molecule has 108 valence electrons. The highest BCUT2D eigenvalue weighted by Gasteiger charge is 2.12. The Morgan fingerprint density at radius 3 is 2.71 bits per heavy atom. The number of pyridine rings is 1. The fourth-order valence-corrected chi connectivity index (χ4v) is 2.05. The number of carbonyl (C=O) groups is 2.